The van der Waals surface area contributed by atoms with E-state index >= 15 is 0 Å². The molecule has 1 aromatic heterocycles. The van der Waals surface area contributed by atoms with Crippen LogP contribution in [0.1, 0.15) is 0 Å². The van der Waals surface area contributed by atoms with Gasteiger partial charge in [0.15, 0.2) is 5.09 Å². The molecular formula is C11H11NO2S. The highest BCUT2D eigenvalue weighted by Gasteiger charge is 2.05. The minimum atomic E-state index is 0.820. The predicted molar refractivity (Wildman–Crippen MR) is 60.3 cm³/mol. The van der Waals surface area contributed by atoms with Crippen molar-refractivity contribution in [2.24, 2.45) is 0 Å². The van der Waals surface area contributed by atoms with Gasteiger partial charge in [0.05, 0.1) is 7.11 Å². The molecule has 0 aliphatic carbocycles. The number of benzene rings is 1. The molecule has 78 valence electrons. The van der Waals surface area contributed by atoms with Crippen molar-refractivity contribution in [1.29, 1.82) is 0 Å². The topological polar surface area (TPSA) is 35.3 Å². The summed E-state index contributed by atoms with van der Waals surface area (Å²) in [5.41, 5.74) is 1.88. The molecule has 1 heterocycles. The summed E-state index contributed by atoms with van der Waals surface area (Å²) in [7, 11) is 1.65. The molecule has 3 nitrogen and oxygen atoms in total. The summed E-state index contributed by atoms with van der Waals surface area (Å²) < 4.78 is 10.2. The van der Waals surface area contributed by atoms with Crippen molar-refractivity contribution < 1.29 is 9.26 Å². The first-order valence-electron chi connectivity index (χ1n) is 4.48. The number of rotatable bonds is 3. The lowest BCUT2D eigenvalue weighted by Gasteiger charge is -1.99. The van der Waals surface area contributed by atoms with Gasteiger partial charge in [-0.1, -0.05) is 16.9 Å². The van der Waals surface area contributed by atoms with Crippen LogP contribution in [0.2, 0.25) is 0 Å². The van der Waals surface area contributed by atoms with Crippen LogP contribution in [-0.2, 0) is 0 Å². The number of thioether (sulfide) groups is 1. The van der Waals surface area contributed by atoms with Crippen LogP contribution in [0.25, 0.3) is 11.3 Å². The van der Waals surface area contributed by atoms with E-state index in [1.807, 2.05) is 36.6 Å². The first-order chi connectivity index (χ1) is 7.33. The van der Waals surface area contributed by atoms with E-state index in [2.05, 4.69) is 5.16 Å². The standard InChI is InChI=1S/C11H11NO2S/c1-13-9-5-3-8(4-6-9)10-7-11(15-2)14-12-10/h3-7H,1-2H3. The van der Waals surface area contributed by atoms with Crippen LogP contribution in [-0.4, -0.2) is 18.5 Å². The number of nitrogens with zero attached hydrogens (tertiary/aromatic N) is 1. The van der Waals surface area contributed by atoms with E-state index in [1.165, 1.54) is 11.8 Å². The number of hydrogen-bond donors (Lipinski definition) is 0. The molecule has 0 amide bonds. The van der Waals surface area contributed by atoms with Crippen LogP contribution in [0, 0.1) is 0 Å². The van der Waals surface area contributed by atoms with Gasteiger partial charge in [0, 0.05) is 11.6 Å². The Morgan fingerprint density at radius 2 is 2.00 bits per heavy atom. The lowest BCUT2D eigenvalue weighted by molar-refractivity contribution is 0.352. The van der Waals surface area contributed by atoms with Gasteiger partial charge >= 0.3 is 0 Å². The van der Waals surface area contributed by atoms with E-state index in [0.29, 0.717) is 0 Å². The molecule has 0 aliphatic heterocycles. The van der Waals surface area contributed by atoms with E-state index in [9.17, 15) is 0 Å². The molecule has 0 radical (unpaired) electrons. The van der Waals surface area contributed by atoms with Crippen molar-refractivity contribution >= 4 is 11.8 Å². The molecule has 2 rings (SSSR count). The fourth-order valence-corrected chi connectivity index (χ4v) is 1.59. The summed E-state index contributed by atoms with van der Waals surface area (Å²) in [5, 5.41) is 4.80. The largest absolute Gasteiger partial charge is 0.497 e. The summed E-state index contributed by atoms with van der Waals surface area (Å²) in [5.74, 6) is 0.840. The van der Waals surface area contributed by atoms with Crippen LogP contribution in [0.3, 0.4) is 0 Å². The molecule has 1 aromatic carbocycles. The average Bonchev–Trinajstić information content (AvgIpc) is 2.78. The van der Waals surface area contributed by atoms with Crippen molar-refractivity contribution in [3.63, 3.8) is 0 Å². The maximum Gasteiger partial charge on any atom is 0.193 e. The summed E-state index contributed by atoms with van der Waals surface area (Å²) in [6.07, 6.45) is 1.96. The normalized spacial score (nSPS) is 10.3. The fraction of sp³-hybridized carbons (Fsp3) is 0.182. The van der Waals surface area contributed by atoms with Crippen molar-refractivity contribution in [3.8, 4) is 17.0 Å². The first-order valence-corrected chi connectivity index (χ1v) is 5.71. The van der Waals surface area contributed by atoms with Crippen LogP contribution < -0.4 is 4.74 Å². The average molecular weight is 221 g/mol. The molecule has 2 aromatic rings. The molecule has 0 atom stereocenters. The Balaban J connectivity index is 2.28. The van der Waals surface area contributed by atoms with Gasteiger partial charge in [0.25, 0.3) is 0 Å². The molecule has 0 fully saturated rings. The maximum atomic E-state index is 5.11. The van der Waals surface area contributed by atoms with Crippen LogP contribution in [0.5, 0.6) is 5.75 Å². The summed E-state index contributed by atoms with van der Waals surface area (Å²) in [4.78, 5) is 0. The summed E-state index contributed by atoms with van der Waals surface area (Å²) >= 11 is 1.54. The summed E-state index contributed by atoms with van der Waals surface area (Å²) in [6.45, 7) is 0. The van der Waals surface area contributed by atoms with Crippen LogP contribution in [0.15, 0.2) is 39.9 Å². The Kier molecular flexibility index (Phi) is 2.97. The zero-order chi connectivity index (χ0) is 10.7. The van der Waals surface area contributed by atoms with Crippen molar-refractivity contribution in [3.05, 3.63) is 30.3 Å². The minimum absolute atomic E-state index is 0.820. The third-order valence-electron chi connectivity index (χ3n) is 2.08. The fourth-order valence-electron chi connectivity index (χ4n) is 1.25. The smallest absolute Gasteiger partial charge is 0.193 e. The van der Waals surface area contributed by atoms with Crippen LogP contribution >= 0.6 is 11.8 Å². The van der Waals surface area contributed by atoms with E-state index < -0.39 is 0 Å². The Bertz CT molecular complexity index is 436. The molecule has 0 saturated carbocycles. The molecule has 0 aliphatic rings. The minimum Gasteiger partial charge on any atom is -0.497 e. The number of methoxy groups -OCH3 is 1. The zero-order valence-corrected chi connectivity index (χ0v) is 9.38. The SMILES string of the molecule is COc1ccc(-c2cc(SC)on2)cc1. The molecule has 0 spiro atoms. The quantitative estimate of drug-likeness (QED) is 0.746. The van der Waals surface area contributed by atoms with Gasteiger partial charge in [-0.2, -0.15) is 0 Å². The van der Waals surface area contributed by atoms with Gasteiger partial charge < -0.3 is 9.26 Å². The number of aromatic nitrogens is 1. The van der Waals surface area contributed by atoms with Gasteiger partial charge in [-0.25, -0.2) is 0 Å². The van der Waals surface area contributed by atoms with Gasteiger partial charge in [-0.3, -0.25) is 0 Å². The Morgan fingerprint density at radius 3 is 2.53 bits per heavy atom. The third-order valence-corrected chi connectivity index (χ3v) is 2.67. The Morgan fingerprint density at radius 1 is 1.27 bits per heavy atom. The maximum absolute atomic E-state index is 5.11. The Labute approximate surface area is 92.4 Å². The highest BCUT2D eigenvalue weighted by Crippen LogP contribution is 2.25. The van der Waals surface area contributed by atoms with Crippen molar-refractivity contribution in [2.75, 3.05) is 13.4 Å². The second-order valence-corrected chi connectivity index (χ2v) is 3.77. The molecule has 0 unspecified atom stereocenters. The number of hydrogen-bond acceptors (Lipinski definition) is 4. The molecule has 4 heteroatoms. The summed E-state index contributed by atoms with van der Waals surface area (Å²) in [6, 6.07) is 9.65. The monoisotopic (exact) mass is 221 g/mol. The van der Waals surface area contributed by atoms with E-state index in [1.54, 1.807) is 7.11 Å². The van der Waals surface area contributed by atoms with E-state index in [4.69, 9.17) is 9.26 Å². The van der Waals surface area contributed by atoms with Gasteiger partial charge in [0.2, 0.25) is 0 Å². The van der Waals surface area contributed by atoms with Crippen molar-refractivity contribution in [1.82, 2.24) is 5.16 Å². The van der Waals surface area contributed by atoms with E-state index in [0.717, 1.165) is 22.1 Å². The van der Waals surface area contributed by atoms with E-state index in [-0.39, 0.29) is 0 Å². The second-order valence-electron chi connectivity index (χ2n) is 2.96. The van der Waals surface area contributed by atoms with Crippen LogP contribution in [0.4, 0.5) is 0 Å². The molecule has 0 saturated heterocycles. The third kappa shape index (κ3) is 2.15. The molecule has 0 N–H and O–H groups in total. The lowest BCUT2D eigenvalue weighted by atomic mass is 10.1. The second kappa shape index (κ2) is 4.40. The molecular weight excluding hydrogens is 210 g/mol. The van der Waals surface area contributed by atoms with Crippen molar-refractivity contribution in [2.45, 2.75) is 5.09 Å². The van der Waals surface area contributed by atoms with Gasteiger partial charge in [0.1, 0.15) is 11.4 Å². The lowest BCUT2D eigenvalue weighted by Crippen LogP contribution is -1.82. The van der Waals surface area contributed by atoms with Gasteiger partial charge in [-0.05, 0) is 30.5 Å². The Hall–Kier alpha value is -1.42. The highest BCUT2D eigenvalue weighted by atomic mass is 32.2. The molecule has 15 heavy (non-hydrogen) atoms. The van der Waals surface area contributed by atoms with Gasteiger partial charge in [-0.15, -0.1) is 0 Å². The zero-order valence-electron chi connectivity index (χ0n) is 8.56. The first kappa shape index (κ1) is 10.1. The predicted octanol–water partition coefficient (Wildman–Crippen LogP) is 3.07. The number of ether oxygens (including phenoxy) is 1. The highest BCUT2D eigenvalue weighted by molar-refractivity contribution is 7.98. The molecule has 0 bridgehead atoms.